The van der Waals surface area contributed by atoms with Crippen LogP contribution in [0.1, 0.15) is 44.1 Å². The number of hydrogen-bond donors (Lipinski definition) is 2. The van der Waals surface area contributed by atoms with Gasteiger partial charge in [-0.15, -0.1) is 0 Å². The molecule has 0 spiro atoms. The summed E-state index contributed by atoms with van der Waals surface area (Å²) in [6.07, 6.45) is 6.20. The first kappa shape index (κ1) is 22.4. The van der Waals surface area contributed by atoms with Crippen LogP contribution < -0.4 is 15.6 Å². The predicted molar refractivity (Wildman–Crippen MR) is 116 cm³/mol. The first-order valence-corrected chi connectivity index (χ1v) is 11.0. The molecule has 2 atom stereocenters. The summed E-state index contributed by atoms with van der Waals surface area (Å²) in [5.74, 6) is -2.67. The lowest BCUT2D eigenvalue weighted by atomic mass is 9.86. The Labute approximate surface area is 185 Å². The lowest BCUT2D eigenvalue weighted by Crippen LogP contribution is -2.52. The molecular weight excluding hydrogens is 418 g/mol. The number of carbonyl (C=O) groups excluding carboxylic acids is 1. The number of nitrogens with one attached hydrogen (secondary N) is 2. The molecule has 1 unspecified atom stereocenters. The molecule has 2 aromatic heterocycles. The van der Waals surface area contributed by atoms with E-state index in [1.54, 1.807) is 30.2 Å². The van der Waals surface area contributed by atoms with Gasteiger partial charge in [0.25, 0.3) is 5.92 Å². The molecule has 2 N–H and O–H groups in total. The molecule has 2 aliphatic rings. The highest BCUT2D eigenvalue weighted by molar-refractivity contribution is 5.93. The van der Waals surface area contributed by atoms with Gasteiger partial charge in [0.15, 0.2) is 0 Å². The van der Waals surface area contributed by atoms with E-state index >= 15 is 0 Å². The van der Waals surface area contributed by atoms with Crippen LogP contribution in [0, 0.1) is 5.92 Å². The molecule has 7 nitrogen and oxygen atoms in total. The third kappa shape index (κ3) is 5.15. The fourth-order valence-electron chi connectivity index (χ4n) is 4.08. The summed E-state index contributed by atoms with van der Waals surface area (Å²) in [6, 6.07) is 5.48. The zero-order valence-electron chi connectivity index (χ0n) is 18.0. The van der Waals surface area contributed by atoms with Crippen molar-refractivity contribution in [2.45, 2.75) is 50.5 Å². The van der Waals surface area contributed by atoms with E-state index in [4.69, 9.17) is 4.74 Å². The Morgan fingerprint density at radius 3 is 2.78 bits per heavy atom. The number of halogens is 2. The molecular formula is C23H28F2N4O3. The number of amides is 1. The number of likely N-dealkylation sites (tertiary alicyclic amines) is 1. The zero-order valence-corrected chi connectivity index (χ0v) is 18.0. The van der Waals surface area contributed by atoms with Gasteiger partial charge in [0.2, 0.25) is 11.5 Å². The lowest BCUT2D eigenvalue weighted by Gasteiger charge is -2.40. The van der Waals surface area contributed by atoms with Crippen molar-refractivity contribution in [2.24, 2.45) is 5.92 Å². The highest BCUT2D eigenvalue weighted by Gasteiger charge is 2.46. The van der Waals surface area contributed by atoms with Crippen LogP contribution in [0.2, 0.25) is 0 Å². The van der Waals surface area contributed by atoms with Gasteiger partial charge in [-0.25, -0.2) is 13.8 Å². The summed E-state index contributed by atoms with van der Waals surface area (Å²) in [5, 5.41) is 2.75. The Balaban J connectivity index is 1.35. The zero-order chi connectivity index (χ0) is 22.7. The van der Waals surface area contributed by atoms with E-state index in [0.29, 0.717) is 29.7 Å². The van der Waals surface area contributed by atoms with Gasteiger partial charge >= 0.3 is 0 Å². The number of anilines is 1. The number of rotatable bonds is 7. The number of aromatic amines is 1. The van der Waals surface area contributed by atoms with Crippen molar-refractivity contribution in [1.82, 2.24) is 14.9 Å². The first-order chi connectivity index (χ1) is 15.3. The van der Waals surface area contributed by atoms with Crippen molar-refractivity contribution < 1.29 is 18.3 Å². The minimum absolute atomic E-state index is 0.00893. The van der Waals surface area contributed by atoms with Gasteiger partial charge in [-0.1, -0.05) is 12.5 Å². The molecule has 0 radical (unpaired) electrons. The van der Waals surface area contributed by atoms with Crippen molar-refractivity contribution in [2.75, 3.05) is 25.0 Å². The molecule has 1 aliphatic heterocycles. The smallest absolute Gasteiger partial charge is 0.257 e. The molecule has 1 saturated heterocycles. The largest absolute Gasteiger partial charge is 0.492 e. The third-order valence-electron chi connectivity index (χ3n) is 6.50. The van der Waals surface area contributed by atoms with Crippen LogP contribution >= 0.6 is 0 Å². The van der Waals surface area contributed by atoms with Crippen molar-refractivity contribution in [3.63, 3.8) is 0 Å². The number of H-pyrrole nitrogens is 1. The number of piperidine rings is 1. The fraction of sp³-hybridized carbons (Fsp3) is 0.522. The molecule has 2 aromatic rings. The molecule has 1 aliphatic carbocycles. The van der Waals surface area contributed by atoms with Crippen LogP contribution in [-0.2, 0) is 4.79 Å². The normalized spacial score (nSPS) is 22.0. The van der Waals surface area contributed by atoms with Gasteiger partial charge in [-0.3, -0.25) is 14.5 Å². The standard InChI is InChI=1S/C23H28F2N4O3/c1-15(22(31)28-20-7-6-18(12-26-20)32-14-16-3-2-4-16)29-10-9-23(24,25)19(13-29)17-5-8-21(30)27-11-17/h5-8,11-12,15-16,19H,2-4,9-10,13-14H2,1H3,(H,27,30)(H,26,28,31)/t15?,19-/m1/s1. The van der Waals surface area contributed by atoms with Crippen molar-refractivity contribution in [3.05, 3.63) is 52.6 Å². The summed E-state index contributed by atoms with van der Waals surface area (Å²) in [5.41, 5.74) is 0.00972. The Hall–Kier alpha value is -2.81. The van der Waals surface area contributed by atoms with Crippen molar-refractivity contribution in [3.8, 4) is 5.75 Å². The van der Waals surface area contributed by atoms with Crippen LogP contribution in [0.25, 0.3) is 0 Å². The third-order valence-corrected chi connectivity index (χ3v) is 6.50. The van der Waals surface area contributed by atoms with Gasteiger partial charge in [0, 0.05) is 31.8 Å². The summed E-state index contributed by atoms with van der Waals surface area (Å²) < 4.78 is 34.9. The molecule has 4 rings (SSSR count). The Bertz CT molecular complexity index is 971. The molecule has 1 amide bonds. The number of nitrogens with zero attached hydrogens (tertiary/aromatic N) is 2. The molecule has 3 heterocycles. The number of alkyl halides is 2. The van der Waals surface area contributed by atoms with Gasteiger partial charge < -0.3 is 15.0 Å². The highest BCUT2D eigenvalue weighted by Crippen LogP contribution is 2.40. The van der Waals surface area contributed by atoms with Crippen molar-refractivity contribution in [1.29, 1.82) is 0 Å². The van der Waals surface area contributed by atoms with E-state index < -0.39 is 17.9 Å². The molecule has 1 saturated carbocycles. The topological polar surface area (TPSA) is 87.3 Å². The van der Waals surface area contributed by atoms with Crippen LogP contribution in [-0.4, -0.2) is 52.4 Å². The Kier molecular flexibility index (Phi) is 6.55. The van der Waals surface area contributed by atoms with Crippen LogP contribution in [0.4, 0.5) is 14.6 Å². The maximum absolute atomic E-state index is 14.6. The highest BCUT2D eigenvalue weighted by atomic mass is 19.3. The van der Waals surface area contributed by atoms with Gasteiger partial charge in [0.05, 0.1) is 24.8 Å². The second-order valence-electron chi connectivity index (χ2n) is 8.70. The van der Waals surface area contributed by atoms with Gasteiger partial charge in [0.1, 0.15) is 11.6 Å². The van der Waals surface area contributed by atoms with Crippen LogP contribution in [0.15, 0.2) is 41.5 Å². The second kappa shape index (κ2) is 9.36. The van der Waals surface area contributed by atoms with Crippen LogP contribution in [0.3, 0.4) is 0 Å². The quantitative estimate of drug-likeness (QED) is 0.681. The van der Waals surface area contributed by atoms with E-state index in [1.807, 2.05) is 0 Å². The van der Waals surface area contributed by atoms with Crippen molar-refractivity contribution >= 4 is 11.7 Å². The van der Waals surface area contributed by atoms with E-state index in [2.05, 4.69) is 15.3 Å². The summed E-state index contributed by atoms with van der Waals surface area (Å²) >= 11 is 0. The van der Waals surface area contributed by atoms with E-state index in [-0.39, 0.29) is 31.0 Å². The molecule has 32 heavy (non-hydrogen) atoms. The van der Waals surface area contributed by atoms with E-state index in [1.165, 1.54) is 37.6 Å². The average molecular weight is 446 g/mol. The average Bonchev–Trinajstić information content (AvgIpc) is 2.74. The SMILES string of the molecule is CC(C(=O)Nc1ccc(OCC2CCC2)cn1)N1CCC(F)(F)[C@@H](c2ccc(=O)[nH]c2)C1. The monoisotopic (exact) mass is 446 g/mol. The predicted octanol–water partition coefficient (Wildman–Crippen LogP) is 3.40. The molecule has 2 fully saturated rings. The summed E-state index contributed by atoms with van der Waals surface area (Å²) in [4.78, 5) is 32.5. The van der Waals surface area contributed by atoms with E-state index in [0.717, 1.165) is 0 Å². The first-order valence-electron chi connectivity index (χ1n) is 11.0. The Morgan fingerprint density at radius 2 is 2.16 bits per heavy atom. The summed E-state index contributed by atoms with van der Waals surface area (Å²) in [6.45, 7) is 2.48. The van der Waals surface area contributed by atoms with Crippen LogP contribution in [0.5, 0.6) is 5.75 Å². The van der Waals surface area contributed by atoms with E-state index in [9.17, 15) is 18.4 Å². The fourth-order valence-corrected chi connectivity index (χ4v) is 4.08. The number of hydrogen-bond acceptors (Lipinski definition) is 5. The van der Waals surface area contributed by atoms with Gasteiger partial charge in [-0.05, 0) is 43.4 Å². The molecule has 0 aromatic carbocycles. The Morgan fingerprint density at radius 1 is 1.34 bits per heavy atom. The summed E-state index contributed by atoms with van der Waals surface area (Å²) in [7, 11) is 0. The molecule has 0 bridgehead atoms. The van der Waals surface area contributed by atoms with Gasteiger partial charge in [-0.2, -0.15) is 0 Å². The number of pyridine rings is 2. The number of carbonyl (C=O) groups is 1. The molecule has 9 heteroatoms. The minimum Gasteiger partial charge on any atom is -0.492 e. The number of ether oxygens (including phenoxy) is 1. The maximum atomic E-state index is 14.6. The number of aromatic nitrogens is 2. The minimum atomic E-state index is -2.91. The second-order valence-corrected chi connectivity index (χ2v) is 8.70. The maximum Gasteiger partial charge on any atom is 0.257 e. The molecule has 172 valence electrons. The lowest BCUT2D eigenvalue weighted by molar-refractivity contribution is -0.125.